The van der Waals surface area contributed by atoms with Gasteiger partial charge in [0, 0.05) is 58.4 Å². The summed E-state index contributed by atoms with van der Waals surface area (Å²) < 4.78 is 3.42. The molecule has 6 heteroatoms. The third-order valence-corrected chi connectivity index (χ3v) is 12.4. The van der Waals surface area contributed by atoms with Gasteiger partial charge in [-0.1, -0.05) is 145 Å². The minimum absolute atomic E-state index is 0. The summed E-state index contributed by atoms with van der Waals surface area (Å²) in [7, 11) is 0. The van der Waals surface area contributed by atoms with Crippen LogP contribution < -0.4 is 0 Å². The Hall–Kier alpha value is -5.61. The number of rotatable bonds is 6. The van der Waals surface area contributed by atoms with Crippen LogP contribution in [0.5, 0.6) is 5.75 Å². The van der Waals surface area contributed by atoms with Crippen LogP contribution in [0, 0.1) is 13.0 Å². The first-order chi connectivity index (χ1) is 27.9. The Kier molecular flexibility index (Phi) is 10.6. The largest absolute Gasteiger partial charge is 0.507 e. The maximum absolute atomic E-state index is 11.3. The Bertz CT molecular complexity index is 2950. The van der Waals surface area contributed by atoms with Crippen LogP contribution in [0.15, 0.2) is 146 Å². The van der Waals surface area contributed by atoms with Crippen molar-refractivity contribution in [3.05, 3.63) is 168 Å². The van der Waals surface area contributed by atoms with Crippen molar-refractivity contribution in [1.82, 2.24) is 14.5 Å². The first-order valence-electron chi connectivity index (χ1n) is 19.9. The van der Waals surface area contributed by atoms with Crippen molar-refractivity contribution in [2.24, 2.45) is 0 Å². The van der Waals surface area contributed by atoms with Gasteiger partial charge in [0.05, 0.1) is 28.2 Å². The zero-order valence-corrected chi connectivity index (χ0v) is 37.5. The third kappa shape index (κ3) is 7.36. The quantitative estimate of drug-likeness (QED) is 0.169. The Morgan fingerprint density at radius 1 is 0.627 bits per heavy atom. The van der Waals surface area contributed by atoms with E-state index in [2.05, 4.69) is 174 Å². The molecular weight excluding hydrogens is 922 g/mol. The van der Waals surface area contributed by atoms with Crippen molar-refractivity contribution in [2.45, 2.75) is 59.3 Å². The number of aromatic hydroxyl groups is 1. The summed E-state index contributed by atoms with van der Waals surface area (Å²) in [5.74, 6) is 1.02. The van der Waals surface area contributed by atoms with E-state index >= 15 is 0 Å². The number of aromatic nitrogens is 3. The molecule has 0 saturated heterocycles. The van der Waals surface area contributed by atoms with Crippen LogP contribution in [0.1, 0.15) is 58.2 Å². The molecule has 9 rings (SSSR count). The fraction of sp³-hybridized carbons (Fsp3) is 0.170. The zero-order valence-electron chi connectivity index (χ0n) is 34.4. The van der Waals surface area contributed by atoms with E-state index in [4.69, 9.17) is 9.97 Å². The average Bonchev–Trinajstić information content (AvgIpc) is 3.78. The van der Waals surface area contributed by atoms with E-state index in [1.807, 2.05) is 24.3 Å². The summed E-state index contributed by atoms with van der Waals surface area (Å²) in [6, 6.07) is 54.3. The van der Waals surface area contributed by atoms with E-state index in [-0.39, 0.29) is 37.6 Å². The van der Waals surface area contributed by atoms with Gasteiger partial charge in [0.15, 0.2) is 0 Å². The molecule has 0 aliphatic carbocycles. The zero-order chi connectivity index (χ0) is 40.3. The Morgan fingerprint density at radius 3 is 1.93 bits per heavy atom. The van der Waals surface area contributed by atoms with Crippen LogP contribution in [-0.4, -0.2) is 19.6 Å². The molecule has 0 saturated carbocycles. The minimum atomic E-state index is -0.129. The summed E-state index contributed by atoms with van der Waals surface area (Å²) in [6.45, 7) is 15.7. The van der Waals surface area contributed by atoms with E-state index in [0.29, 0.717) is 5.56 Å². The van der Waals surface area contributed by atoms with Crippen LogP contribution in [0.4, 0.5) is 0 Å². The van der Waals surface area contributed by atoms with Crippen molar-refractivity contribution in [2.75, 3.05) is 0 Å². The van der Waals surface area contributed by atoms with Crippen LogP contribution in [0.2, 0.25) is 0 Å². The second-order valence-corrected chi connectivity index (χ2v) is 18.2. The maximum Gasteiger partial charge on any atom is 0.124 e. The average molecular weight is 968 g/mol. The van der Waals surface area contributed by atoms with Crippen LogP contribution in [0.25, 0.3) is 82.3 Å². The third-order valence-electron chi connectivity index (χ3n) is 11.1. The van der Waals surface area contributed by atoms with Crippen molar-refractivity contribution in [3.63, 3.8) is 0 Å². The van der Waals surface area contributed by atoms with Crippen LogP contribution in [0.3, 0.4) is 0 Å². The molecule has 4 nitrogen and oxygen atoms in total. The number of hydrogen-bond donors (Lipinski definition) is 1. The second-order valence-electron chi connectivity index (χ2n) is 17.2. The fourth-order valence-electron chi connectivity index (χ4n) is 7.92. The first-order valence-corrected chi connectivity index (χ1v) is 20.7. The molecule has 0 fully saturated rings. The summed E-state index contributed by atoms with van der Waals surface area (Å²) in [5.41, 5.74) is 13.7. The van der Waals surface area contributed by atoms with Gasteiger partial charge in [0.1, 0.15) is 5.75 Å². The summed E-state index contributed by atoms with van der Waals surface area (Å²) >= 11 is 1.76. The number of imidazole rings is 1. The van der Waals surface area contributed by atoms with E-state index in [0.717, 1.165) is 83.0 Å². The van der Waals surface area contributed by atoms with Crippen molar-refractivity contribution < 1.29 is 26.2 Å². The monoisotopic (exact) mass is 967 g/mol. The molecule has 1 N–H and O–H groups in total. The van der Waals surface area contributed by atoms with Crippen molar-refractivity contribution in [1.29, 1.82) is 0 Å². The standard InChI is InChI=1S/C53H46N3OS.Pt/c1-33-47-46(58-50(33)35-21-12-9-13-22-35)32-42(54-49(47)41-24-15-17-28-45(41)57)40-25-18-27-44-48(40)55-51(36-29-37(52(2,3)4)31-38(30-36)53(5,6)7)56(44)43-26-16-14-23-39(43)34-19-10-8-11-20-34;/h8-29,31-32,57H,1-7H3;/q-1;. The van der Waals surface area contributed by atoms with Gasteiger partial charge in [-0.2, -0.15) is 0 Å². The number of nitrogens with zero attached hydrogens (tertiary/aromatic N) is 3. The SMILES string of the molecule is Cc1c(-c2ccccc2)sc2cc(-c3cccc4c3nc(-c3[c-]c(C(C)(C)C)cc(C(C)(C)C)c3)n4-c3ccccc3-c3ccccc3)nc(-c3ccccc3O)c12.[Pt]. The van der Waals surface area contributed by atoms with Gasteiger partial charge in [-0.05, 0) is 64.8 Å². The van der Waals surface area contributed by atoms with E-state index < -0.39 is 0 Å². The van der Waals surface area contributed by atoms with Gasteiger partial charge in [-0.15, -0.1) is 46.2 Å². The molecule has 0 amide bonds. The number of thiophene rings is 1. The molecule has 59 heavy (non-hydrogen) atoms. The molecule has 0 unspecified atom stereocenters. The van der Waals surface area contributed by atoms with Gasteiger partial charge < -0.3 is 9.67 Å². The fourth-order valence-corrected chi connectivity index (χ4v) is 9.18. The number of aryl methyl sites for hydroxylation is 1. The Morgan fingerprint density at radius 2 is 1.25 bits per heavy atom. The topological polar surface area (TPSA) is 50.9 Å². The van der Waals surface area contributed by atoms with Crippen molar-refractivity contribution >= 4 is 32.5 Å². The second kappa shape index (κ2) is 15.5. The molecule has 0 atom stereocenters. The predicted octanol–water partition coefficient (Wildman–Crippen LogP) is 14.4. The molecule has 3 aromatic heterocycles. The number of hydrogen-bond acceptors (Lipinski definition) is 4. The molecule has 9 aromatic rings. The number of pyridine rings is 1. The van der Waals surface area contributed by atoms with E-state index in [1.54, 1.807) is 17.4 Å². The van der Waals surface area contributed by atoms with Gasteiger partial charge in [0.25, 0.3) is 0 Å². The van der Waals surface area contributed by atoms with Crippen LogP contribution in [-0.2, 0) is 31.9 Å². The molecule has 0 spiro atoms. The summed E-state index contributed by atoms with van der Waals surface area (Å²) in [4.78, 5) is 12.3. The number of para-hydroxylation sites is 3. The Labute approximate surface area is 365 Å². The summed E-state index contributed by atoms with van der Waals surface area (Å²) in [5, 5.41) is 12.3. The first kappa shape index (κ1) is 40.2. The van der Waals surface area contributed by atoms with Gasteiger partial charge in [-0.3, -0.25) is 4.98 Å². The minimum Gasteiger partial charge on any atom is -0.507 e. The van der Waals surface area contributed by atoms with Gasteiger partial charge in [0.2, 0.25) is 0 Å². The molecule has 0 aliphatic heterocycles. The van der Waals surface area contributed by atoms with Crippen LogP contribution >= 0.6 is 11.3 Å². The van der Waals surface area contributed by atoms with E-state index in [9.17, 15) is 5.11 Å². The normalized spacial score (nSPS) is 11.9. The number of fused-ring (bicyclic) bond motifs is 2. The molecule has 3 heterocycles. The molecule has 6 aromatic carbocycles. The Balaban J connectivity index is 0.00000484. The van der Waals surface area contributed by atoms with Crippen molar-refractivity contribution in [3.8, 4) is 66.9 Å². The molecular formula is C53H46N3OPtS-. The van der Waals surface area contributed by atoms with Gasteiger partial charge in [-0.25, -0.2) is 4.98 Å². The maximum atomic E-state index is 11.3. The van der Waals surface area contributed by atoms with E-state index in [1.165, 1.54) is 10.4 Å². The number of phenolic OH excluding ortho intramolecular Hbond substituents is 1. The predicted molar refractivity (Wildman–Crippen MR) is 244 cm³/mol. The smallest absolute Gasteiger partial charge is 0.124 e. The molecule has 296 valence electrons. The number of phenols is 1. The summed E-state index contributed by atoms with van der Waals surface area (Å²) in [6.07, 6.45) is 0. The molecule has 0 aliphatic rings. The molecule has 0 bridgehead atoms. The molecule has 0 radical (unpaired) electrons. The van der Waals surface area contributed by atoms with Gasteiger partial charge >= 0.3 is 0 Å². The number of benzene rings is 6.